The minimum atomic E-state index is -8.00. The maximum Gasteiger partial charge on any atom is 0.460 e. The molecule has 4 aromatic rings. The summed E-state index contributed by atoms with van der Waals surface area (Å²) in [6.45, 7) is -1.47. The second kappa shape index (κ2) is 19.7. The molecule has 3 heterocycles. The molecule has 0 bridgehead atoms. The van der Waals surface area contributed by atoms with Gasteiger partial charge in [-0.3, -0.25) is 13.9 Å². The fourth-order valence-corrected chi connectivity index (χ4v) is 8.01. The number of esters is 1. The number of para-hydroxylation sites is 1. The van der Waals surface area contributed by atoms with Crippen molar-refractivity contribution in [3.63, 3.8) is 0 Å². The predicted octanol–water partition coefficient (Wildman–Crippen LogP) is 8.84. The molecule has 0 aliphatic carbocycles. The minimum Gasteiger partial charge on any atom is -0.465 e. The van der Waals surface area contributed by atoms with Gasteiger partial charge >= 0.3 is 55.6 Å². The molecule has 368 valence electrons. The highest BCUT2D eigenvalue weighted by atomic mass is 31.2. The van der Waals surface area contributed by atoms with E-state index in [-0.39, 0.29) is 48.4 Å². The summed E-state index contributed by atoms with van der Waals surface area (Å²) in [7, 11) is -4.85. The average molecular weight is 999 g/mol. The smallest absolute Gasteiger partial charge is 0.460 e. The van der Waals surface area contributed by atoms with E-state index in [0.29, 0.717) is 5.56 Å². The third-order valence-electron chi connectivity index (χ3n) is 10.2. The first kappa shape index (κ1) is 52.7. The molecule has 0 spiro atoms. The van der Waals surface area contributed by atoms with Crippen LogP contribution in [0.2, 0.25) is 0 Å². The van der Waals surface area contributed by atoms with Gasteiger partial charge in [-0.25, -0.2) is 9.55 Å². The predicted molar refractivity (Wildman–Crippen MR) is 205 cm³/mol. The number of rotatable bonds is 22. The number of unbranched alkanes of at least 4 members (excludes halogenated alkanes) is 3. The first-order valence-electron chi connectivity index (χ1n) is 19.5. The van der Waals surface area contributed by atoms with E-state index in [0.717, 1.165) is 0 Å². The number of carbonyl (C=O) groups excluding carboxylic acids is 1. The molecule has 0 amide bonds. The second-order valence-electron chi connectivity index (χ2n) is 14.9. The number of hydrogen-bond acceptors (Lipinski definition) is 11. The first-order valence-corrected chi connectivity index (χ1v) is 21.0. The first-order chi connectivity index (χ1) is 31.0. The van der Waals surface area contributed by atoms with Crippen LogP contribution in [0.25, 0.3) is 11.2 Å². The number of benzene rings is 2. The lowest BCUT2D eigenvalue weighted by atomic mass is 9.91. The lowest BCUT2D eigenvalue weighted by molar-refractivity contribution is -0.440. The normalized spacial score (nSPS) is 20.0. The summed E-state index contributed by atoms with van der Waals surface area (Å²) >= 11 is 0. The van der Waals surface area contributed by atoms with Crippen LogP contribution in [0.15, 0.2) is 67.0 Å². The number of ether oxygens (including phenoxy) is 2. The van der Waals surface area contributed by atoms with Crippen molar-refractivity contribution in [2.45, 2.75) is 105 Å². The van der Waals surface area contributed by atoms with Crippen LogP contribution >= 0.6 is 7.75 Å². The van der Waals surface area contributed by atoms with Crippen LogP contribution in [0.3, 0.4) is 0 Å². The molecule has 1 fully saturated rings. The maximum atomic E-state index is 14.6. The number of alkyl halides is 13. The highest BCUT2D eigenvalue weighted by molar-refractivity contribution is 7.52. The zero-order valence-electron chi connectivity index (χ0n) is 34.0. The summed E-state index contributed by atoms with van der Waals surface area (Å²) in [6.07, 6.45) is -9.77. The number of anilines is 1. The zero-order chi connectivity index (χ0) is 49.9. The second-order valence-corrected chi connectivity index (χ2v) is 16.6. The number of aromatic nitrogens is 4. The third kappa shape index (κ3) is 10.9. The van der Waals surface area contributed by atoms with Crippen LogP contribution in [0.5, 0.6) is 5.75 Å². The van der Waals surface area contributed by atoms with Gasteiger partial charge in [-0.15, -0.1) is 6.42 Å². The van der Waals surface area contributed by atoms with E-state index in [1.807, 2.05) is 0 Å². The van der Waals surface area contributed by atoms with Crippen LogP contribution in [-0.4, -0.2) is 97.3 Å². The summed E-state index contributed by atoms with van der Waals surface area (Å²) in [5, 5.41) is 13.7. The molecule has 0 radical (unpaired) electrons. The molecule has 0 unspecified atom stereocenters. The monoisotopic (exact) mass is 998 g/mol. The molecule has 1 saturated heterocycles. The number of imidazole rings is 1. The average Bonchev–Trinajstić information content (AvgIpc) is 3.83. The molecule has 2 aromatic carbocycles. The quantitative estimate of drug-likeness (QED) is 0.0171. The van der Waals surface area contributed by atoms with E-state index in [2.05, 4.69) is 26.0 Å². The molecule has 2 aromatic heterocycles. The summed E-state index contributed by atoms with van der Waals surface area (Å²) in [4.78, 5) is 24.7. The zero-order valence-corrected chi connectivity index (χ0v) is 34.9. The number of aliphatic hydroxyl groups is 1. The Morgan fingerprint density at radius 2 is 1.51 bits per heavy atom. The van der Waals surface area contributed by atoms with Crippen molar-refractivity contribution in [2.24, 2.45) is 0 Å². The van der Waals surface area contributed by atoms with Crippen LogP contribution in [0.1, 0.15) is 50.3 Å². The molecule has 4 N–H and O–H groups in total. The molecular formula is C39H37F14N6O7P. The number of nitrogens with two attached hydrogens (primary N) is 1. The van der Waals surface area contributed by atoms with Crippen LogP contribution in [0.4, 0.5) is 67.3 Å². The van der Waals surface area contributed by atoms with Crippen LogP contribution < -0.4 is 15.3 Å². The van der Waals surface area contributed by atoms with Gasteiger partial charge in [0, 0.05) is 12.8 Å². The SMILES string of the molecule is C#C[C@]1(CO[P@@](=O)(N[C@@H](Cc2ccccc2)C(=O)OCCCCCCC(F)(F)C(F)(F)C(F)(F)C(F)(F)C(F)(F)C(F)(F)F)Oc2ccccc2)O[C@@H](n2cnc3c(N)nc(F)nc32)C[C@@H]1O. The molecule has 5 atom stereocenters. The van der Waals surface area contributed by atoms with E-state index < -0.39 is 112 Å². The van der Waals surface area contributed by atoms with Gasteiger partial charge in [0.1, 0.15) is 30.7 Å². The van der Waals surface area contributed by atoms with Gasteiger partial charge in [0.2, 0.25) is 0 Å². The van der Waals surface area contributed by atoms with Crippen molar-refractivity contribution >= 4 is 30.7 Å². The number of halogens is 14. The Morgan fingerprint density at radius 1 is 0.910 bits per heavy atom. The van der Waals surface area contributed by atoms with E-state index in [9.17, 15) is 75.9 Å². The number of hydrogen-bond donors (Lipinski definition) is 3. The van der Waals surface area contributed by atoms with E-state index >= 15 is 0 Å². The van der Waals surface area contributed by atoms with E-state index in [1.165, 1.54) is 35.2 Å². The summed E-state index contributed by atoms with van der Waals surface area (Å²) < 4.78 is 228. The standard InChI is InChI=1S/C39H37F14N6O7P/c1-2-33(26(60)20-27(65-33)59-22-55-28-29(54)56-32(40)57-30(28)59)21-64-67(62,66-24-15-9-6-10-16-24)58-25(19-23-13-7-5-8-14-23)31(61)63-18-12-4-3-11-17-34(41,42)35(43,44)36(45,46)37(47,48)38(49,50)39(51,52)53/h1,5-10,13-16,22,25-27,60H,3-4,11-12,17-21H2,(H,58,62)(H2,54,56,57)/t25-,26-,27+,33+,67-/m0/s1. The summed E-state index contributed by atoms with van der Waals surface area (Å²) in [6, 6.07) is 13.6. The van der Waals surface area contributed by atoms with Crippen LogP contribution in [0, 0.1) is 18.4 Å². The van der Waals surface area contributed by atoms with Gasteiger partial charge in [-0.2, -0.15) is 76.5 Å². The molecule has 13 nitrogen and oxygen atoms in total. The lowest BCUT2D eigenvalue weighted by Crippen LogP contribution is -2.70. The van der Waals surface area contributed by atoms with Gasteiger partial charge in [0.25, 0.3) is 0 Å². The Kier molecular flexibility index (Phi) is 15.5. The van der Waals surface area contributed by atoms with Crippen molar-refractivity contribution in [1.29, 1.82) is 0 Å². The molecule has 0 saturated carbocycles. The highest BCUT2D eigenvalue weighted by Gasteiger charge is 2.90. The largest absolute Gasteiger partial charge is 0.465 e. The topological polar surface area (TPSA) is 173 Å². The molecule has 28 heteroatoms. The summed E-state index contributed by atoms with van der Waals surface area (Å²) in [5.41, 5.74) is 3.96. The Bertz CT molecular complexity index is 2430. The van der Waals surface area contributed by atoms with Crippen molar-refractivity contribution in [1.82, 2.24) is 24.6 Å². The number of fused-ring (bicyclic) bond motifs is 1. The third-order valence-corrected chi connectivity index (χ3v) is 11.8. The number of aliphatic hydroxyl groups excluding tert-OH is 1. The van der Waals surface area contributed by atoms with Crippen molar-refractivity contribution in [2.75, 3.05) is 18.9 Å². The van der Waals surface area contributed by atoms with Gasteiger partial charge in [-0.1, -0.05) is 67.3 Å². The number of nitrogens with one attached hydrogen (secondary N) is 1. The minimum absolute atomic E-state index is 0.00796. The molecular weight excluding hydrogens is 961 g/mol. The molecule has 1 aliphatic heterocycles. The van der Waals surface area contributed by atoms with Gasteiger partial charge in [0.15, 0.2) is 22.6 Å². The van der Waals surface area contributed by atoms with Crippen molar-refractivity contribution in [3.8, 4) is 18.1 Å². The number of nitrogens with zero attached hydrogens (tertiary/aromatic N) is 4. The fraction of sp³-hybridized carbons (Fsp3) is 0.487. The highest BCUT2D eigenvalue weighted by Crippen LogP contribution is 2.61. The van der Waals surface area contributed by atoms with Gasteiger partial charge in [-0.05, 0) is 37.0 Å². The Labute approximate surface area is 369 Å². The summed E-state index contributed by atoms with van der Waals surface area (Å²) in [5.74, 6) is -36.6. The Balaban J connectivity index is 1.25. The van der Waals surface area contributed by atoms with Crippen molar-refractivity contribution < 1.29 is 94.5 Å². The van der Waals surface area contributed by atoms with Gasteiger partial charge < -0.3 is 24.8 Å². The lowest BCUT2D eigenvalue weighted by Gasteiger charge is -2.39. The van der Waals surface area contributed by atoms with Crippen molar-refractivity contribution in [3.05, 3.63) is 78.6 Å². The number of nitrogen functional groups attached to an aromatic ring is 1. The number of carbonyl (C=O) groups is 1. The van der Waals surface area contributed by atoms with Crippen LogP contribution in [-0.2, 0) is 29.8 Å². The van der Waals surface area contributed by atoms with E-state index in [1.54, 1.807) is 36.4 Å². The Hall–Kier alpha value is -5.29. The van der Waals surface area contributed by atoms with E-state index in [4.69, 9.17) is 30.7 Å². The number of terminal acetylenes is 1. The molecule has 5 rings (SSSR count). The molecule has 67 heavy (non-hydrogen) atoms. The van der Waals surface area contributed by atoms with Gasteiger partial charge in [0.05, 0.1) is 12.9 Å². The fourth-order valence-electron chi connectivity index (χ4n) is 6.49. The Morgan fingerprint density at radius 3 is 2.12 bits per heavy atom. The maximum absolute atomic E-state index is 14.6. The molecule has 1 aliphatic rings.